The molecule has 2 N–H and O–H groups in total. The minimum Gasteiger partial charge on any atom is -0.489 e. The van der Waals surface area contributed by atoms with Crippen LogP contribution in [-0.4, -0.2) is 11.0 Å². The van der Waals surface area contributed by atoms with Gasteiger partial charge in [0.15, 0.2) is 0 Å². The van der Waals surface area contributed by atoms with Crippen molar-refractivity contribution in [2.75, 3.05) is 5.32 Å². The van der Waals surface area contributed by atoms with Gasteiger partial charge < -0.3 is 15.2 Å². The molecule has 0 aliphatic carbocycles. The topological polar surface area (TPSA) is 58.6 Å². The van der Waals surface area contributed by atoms with E-state index in [1.807, 2.05) is 36.4 Å². The molecule has 0 spiro atoms. The summed E-state index contributed by atoms with van der Waals surface area (Å²) >= 11 is 0. The highest BCUT2D eigenvalue weighted by molar-refractivity contribution is 6.04. The lowest BCUT2D eigenvalue weighted by atomic mass is 10.1. The van der Waals surface area contributed by atoms with Crippen molar-refractivity contribution in [3.05, 3.63) is 95.6 Å². The lowest BCUT2D eigenvalue weighted by Gasteiger charge is -2.10. The lowest BCUT2D eigenvalue weighted by molar-refractivity contribution is 0.102. The normalized spacial score (nSPS) is 11.6. The molecular formula is C22H21NO3. The smallest absolute Gasteiger partial charge is 0.255 e. The van der Waals surface area contributed by atoms with Crippen LogP contribution in [0.3, 0.4) is 0 Å². The summed E-state index contributed by atoms with van der Waals surface area (Å²) in [4.78, 5) is 12.4. The Balaban J connectivity index is 1.61. The van der Waals surface area contributed by atoms with E-state index in [1.165, 1.54) is 0 Å². The largest absolute Gasteiger partial charge is 0.489 e. The molecule has 0 bridgehead atoms. The predicted octanol–water partition coefficient (Wildman–Crippen LogP) is 4.57. The maximum absolute atomic E-state index is 12.4. The molecule has 0 unspecified atom stereocenters. The molecule has 4 nitrogen and oxygen atoms in total. The Morgan fingerprint density at radius 1 is 1.00 bits per heavy atom. The number of carbonyl (C=O) groups excluding carboxylic acids is 1. The summed E-state index contributed by atoms with van der Waals surface area (Å²) in [7, 11) is 0. The summed E-state index contributed by atoms with van der Waals surface area (Å²) in [6, 6.07) is 24.1. The van der Waals surface area contributed by atoms with E-state index < -0.39 is 6.10 Å². The third kappa shape index (κ3) is 4.71. The molecule has 0 saturated heterocycles. The number of aliphatic hydroxyl groups is 1. The van der Waals surface area contributed by atoms with Crippen molar-refractivity contribution >= 4 is 11.6 Å². The first kappa shape index (κ1) is 17.7. The van der Waals surface area contributed by atoms with Gasteiger partial charge in [-0.3, -0.25) is 4.79 Å². The van der Waals surface area contributed by atoms with Gasteiger partial charge in [0.2, 0.25) is 0 Å². The molecule has 0 aromatic heterocycles. The van der Waals surface area contributed by atoms with Crippen LogP contribution in [0.2, 0.25) is 0 Å². The first-order chi connectivity index (χ1) is 12.6. The van der Waals surface area contributed by atoms with Gasteiger partial charge in [-0.25, -0.2) is 0 Å². The number of anilines is 1. The Hall–Kier alpha value is -3.11. The fourth-order valence-electron chi connectivity index (χ4n) is 2.52. The van der Waals surface area contributed by atoms with Gasteiger partial charge in [0, 0.05) is 11.3 Å². The lowest BCUT2D eigenvalue weighted by Crippen LogP contribution is -2.12. The molecule has 3 aromatic carbocycles. The maximum Gasteiger partial charge on any atom is 0.255 e. The van der Waals surface area contributed by atoms with Gasteiger partial charge in [-0.05, 0) is 54.4 Å². The third-order valence-electron chi connectivity index (χ3n) is 3.99. The molecular weight excluding hydrogens is 326 g/mol. The zero-order valence-electron chi connectivity index (χ0n) is 14.6. The van der Waals surface area contributed by atoms with Crippen LogP contribution in [0.5, 0.6) is 5.75 Å². The highest BCUT2D eigenvalue weighted by atomic mass is 16.5. The predicted molar refractivity (Wildman–Crippen MR) is 102 cm³/mol. The van der Waals surface area contributed by atoms with Crippen molar-refractivity contribution in [1.29, 1.82) is 0 Å². The van der Waals surface area contributed by atoms with Crippen molar-refractivity contribution in [2.45, 2.75) is 19.6 Å². The van der Waals surface area contributed by atoms with Crippen molar-refractivity contribution in [1.82, 2.24) is 0 Å². The van der Waals surface area contributed by atoms with Crippen molar-refractivity contribution < 1.29 is 14.6 Å². The van der Waals surface area contributed by atoms with Crippen LogP contribution in [0.15, 0.2) is 78.9 Å². The molecule has 4 heteroatoms. The summed E-state index contributed by atoms with van der Waals surface area (Å²) in [5.74, 6) is 0.504. The van der Waals surface area contributed by atoms with E-state index in [4.69, 9.17) is 4.74 Å². The highest BCUT2D eigenvalue weighted by Gasteiger charge is 2.08. The van der Waals surface area contributed by atoms with Gasteiger partial charge in [-0.1, -0.05) is 42.5 Å². The fraction of sp³-hybridized carbons (Fsp3) is 0.136. The van der Waals surface area contributed by atoms with E-state index in [2.05, 4.69) is 5.32 Å². The Morgan fingerprint density at radius 3 is 2.42 bits per heavy atom. The Kier molecular flexibility index (Phi) is 5.66. The van der Waals surface area contributed by atoms with Crippen LogP contribution < -0.4 is 10.1 Å². The molecule has 0 saturated carbocycles. The van der Waals surface area contributed by atoms with Gasteiger partial charge in [0.25, 0.3) is 5.91 Å². The van der Waals surface area contributed by atoms with E-state index in [9.17, 15) is 9.90 Å². The van der Waals surface area contributed by atoms with Crippen molar-refractivity contribution in [2.24, 2.45) is 0 Å². The van der Waals surface area contributed by atoms with Gasteiger partial charge in [-0.2, -0.15) is 0 Å². The number of rotatable bonds is 6. The molecule has 0 aliphatic rings. The fourth-order valence-corrected chi connectivity index (χ4v) is 2.52. The molecule has 3 rings (SSSR count). The Bertz CT molecular complexity index is 858. The van der Waals surface area contributed by atoms with Crippen LogP contribution in [0, 0.1) is 0 Å². The second-order valence-electron chi connectivity index (χ2n) is 6.05. The minimum absolute atomic E-state index is 0.206. The van der Waals surface area contributed by atoms with Gasteiger partial charge in [-0.15, -0.1) is 0 Å². The first-order valence-corrected chi connectivity index (χ1v) is 8.48. The van der Waals surface area contributed by atoms with E-state index >= 15 is 0 Å². The molecule has 0 fully saturated rings. The summed E-state index contributed by atoms with van der Waals surface area (Å²) < 4.78 is 5.73. The second-order valence-corrected chi connectivity index (χ2v) is 6.05. The van der Waals surface area contributed by atoms with Crippen LogP contribution in [0.4, 0.5) is 5.69 Å². The third-order valence-corrected chi connectivity index (χ3v) is 3.99. The quantitative estimate of drug-likeness (QED) is 0.687. The zero-order valence-corrected chi connectivity index (χ0v) is 14.6. The average Bonchev–Trinajstić information content (AvgIpc) is 2.68. The van der Waals surface area contributed by atoms with Gasteiger partial charge in [0.05, 0.1) is 6.10 Å². The number of hydrogen-bond acceptors (Lipinski definition) is 3. The van der Waals surface area contributed by atoms with E-state index in [-0.39, 0.29) is 5.91 Å². The SMILES string of the molecule is C[C@H](O)c1cccc(NC(=O)c2ccc(OCc3ccccc3)cc2)c1. The number of carbonyl (C=O) groups is 1. The summed E-state index contributed by atoms with van der Waals surface area (Å²) in [5.41, 5.74) is 3.04. The number of ether oxygens (including phenoxy) is 1. The van der Waals surface area contributed by atoms with Crippen LogP contribution in [0.1, 0.15) is 34.5 Å². The average molecular weight is 347 g/mol. The molecule has 0 heterocycles. The first-order valence-electron chi connectivity index (χ1n) is 8.48. The number of aliphatic hydroxyl groups excluding tert-OH is 1. The van der Waals surface area contributed by atoms with Crippen LogP contribution in [-0.2, 0) is 6.61 Å². The van der Waals surface area contributed by atoms with E-state index in [1.54, 1.807) is 49.4 Å². The van der Waals surface area contributed by atoms with Crippen LogP contribution in [0.25, 0.3) is 0 Å². The van der Waals surface area contributed by atoms with Crippen molar-refractivity contribution in [3.63, 3.8) is 0 Å². The van der Waals surface area contributed by atoms with Crippen LogP contribution >= 0.6 is 0 Å². The number of nitrogens with one attached hydrogen (secondary N) is 1. The summed E-state index contributed by atoms with van der Waals surface area (Å²) in [6.07, 6.45) is -0.576. The minimum atomic E-state index is -0.576. The Labute approximate surface area is 153 Å². The highest BCUT2D eigenvalue weighted by Crippen LogP contribution is 2.19. The zero-order chi connectivity index (χ0) is 18.4. The summed E-state index contributed by atoms with van der Waals surface area (Å²) in [6.45, 7) is 2.17. The number of benzene rings is 3. The second kappa shape index (κ2) is 8.32. The maximum atomic E-state index is 12.4. The standard InChI is InChI=1S/C22H21NO3/c1-16(24)19-8-5-9-20(14-19)23-22(25)18-10-12-21(13-11-18)26-15-17-6-3-2-4-7-17/h2-14,16,24H,15H2,1H3,(H,23,25)/t16-/m0/s1. The molecule has 26 heavy (non-hydrogen) atoms. The van der Waals surface area contributed by atoms with Gasteiger partial charge >= 0.3 is 0 Å². The monoisotopic (exact) mass is 347 g/mol. The van der Waals surface area contributed by atoms with Gasteiger partial charge in [0.1, 0.15) is 12.4 Å². The number of hydrogen-bond donors (Lipinski definition) is 2. The molecule has 0 radical (unpaired) electrons. The Morgan fingerprint density at radius 2 is 1.73 bits per heavy atom. The van der Waals surface area contributed by atoms with E-state index in [0.717, 1.165) is 11.1 Å². The number of amides is 1. The molecule has 0 aliphatic heterocycles. The molecule has 132 valence electrons. The van der Waals surface area contributed by atoms with Crippen molar-refractivity contribution in [3.8, 4) is 5.75 Å². The molecule has 1 atom stereocenters. The molecule has 1 amide bonds. The molecule has 3 aromatic rings. The summed E-state index contributed by atoms with van der Waals surface area (Å²) in [5, 5.41) is 12.5. The van der Waals surface area contributed by atoms with E-state index in [0.29, 0.717) is 23.6 Å².